The maximum absolute atomic E-state index is 12.2. The van der Waals surface area contributed by atoms with Crippen LogP contribution in [-0.2, 0) is 0 Å². The lowest BCUT2D eigenvalue weighted by Crippen LogP contribution is -2.30. The van der Waals surface area contributed by atoms with Crippen LogP contribution in [0.5, 0.6) is 0 Å². The van der Waals surface area contributed by atoms with E-state index in [1.54, 1.807) is 17.1 Å². The van der Waals surface area contributed by atoms with Gasteiger partial charge in [-0.2, -0.15) is 5.10 Å². The summed E-state index contributed by atoms with van der Waals surface area (Å²) >= 11 is 3.48. The van der Waals surface area contributed by atoms with Gasteiger partial charge in [-0.1, -0.05) is 34.1 Å². The van der Waals surface area contributed by atoms with Crippen LogP contribution < -0.4 is 5.32 Å². The van der Waals surface area contributed by atoms with Crippen LogP contribution in [0.15, 0.2) is 42.7 Å². The Morgan fingerprint density at radius 1 is 1.33 bits per heavy atom. The maximum Gasteiger partial charge on any atom is 0.254 e. The van der Waals surface area contributed by atoms with Crippen molar-refractivity contribution in [2.24, 2.45) is 5.41 Å². The zero-order valence-corrected chi connectivity index (χ0v) is 13.3. The second-order valence-electron chi connectivity index (χ2n) is 5.63. The molecule has 2 aromatic rings. The Labute approximate surface area is 132 Å². The molecule has 1 aromatic heterocycles. The van der Waals surface area contributed by atoms with Crippen molar-refractivity contribution in [3.05, 3.63) is 48.3 Å². The molecule has 1 aliphatic rings. The predicted molar refractivity (Wildman–Crippen MR) is 86.0 cm³/mol. The third kappa shape index (κ3) is 3.35. The molecule has 0 unspecified atom stereocenters. The Kier molecular flexibility index (Phi) is 4.10. The smallest absolute Gasteiger partial charge is 0.254 e. The average Bonchev–Trinajstić information content (AvgIpc) is 3.10. The van der Waals surface area contributed by atoms with Crippen LogP contribution in [0.2, 0.25) is 0 Å². The summed E-state index contributed by atoms with van der Waals surface area (Å²) < 4.78 is 1.72. The van der Waals surface area contributed by atoms with Crippen molar-refractivity contribution in [2.45, 2.75) is 19.3 Å². The Hall–Kier alpha value is -1.62. The summed E-state index contributed by atoms with van der Waals surface area (Å²) in [7, 11) is 0. The Bertz CT molecular complexity index is 619. The molecule has 0 bridgehead atoms. The van der Waals surface area contributed by atoms with Crippen molar-refractivity contribution < 1.29 is 4.79 Å². The van der Waals surface area contributed by atoms with Crippen molar-refractivity contribution in [2.75, 3.05) is 11.9 Å². The van der Waals surface area contributed by atoms with Crippen molar-refractivity contribution in [1.29, 1.82) is 0 Å². The third-order valence-corrected chi connectivity index (χ3v) is 4.47. The van der Waals surface area contributed by atoms with Gasteiger partial charge in [-0.25, -0.2) is 4.68 Å². The van der Waals surface area contributed by atoms with Crippen molar-refractivity contribution >= 4 is 21.8 Å². The van der Waals surface area contributed by atoms with Crippen molar-refractivity contribution in [3.8, 4) is 5.69 Å². The van der Waals surface area contributed by atoms with E-state index in [4.69, 9.17) is 0 Å². The van der Waals surface area contributed by atoms with Crippen LogP contribution in [-0.4, -0.2) is 27.6 Å². The normalized spacial score (nSPS) is 15.7. The highest BCUT2D eigenvalue weighted by Gasteiger charge is 2.41. The second kappa shape index (κ2) is 6.02. The lowest BCUT2D eigenvalue weighted by atomic mass is 10.0. The van der Waals surface area contributed by atoms with Gasteiger partial charge in [-0.3, -0.25) is 4.79 Å². The quantitative estimate of drug-likeness (QED) is 0.815. The predicted octanol–water partition coefficient (Wildman–Crippen LogP) is 3.17. The number of amides is 1. The summed E-state index contributed by atoms with van der Waals surface area (Å²) in [5.74, 6) is -0.0435. The topological polar surface area (TPSA) is 46.9 Å². The minimum atomic E-state index is -0.0435. The van der Waals surface area contributed by atoms with Crippen molar-refractivity contribution in [3.63, 3.8) is 0 Å². The molecule has 0 atom stereocenters. The molecular weight excluding hydrogens is 330 g/mol. The Morgan fingerprint density at radius 2 is 2.10 bits per heavy atom. The molecule has 1 saturated carbocycles. The van der Waals surface area contributed by atoms with Gasteiger partial charge in [0.15, 0.2) is 0 Å². The molecule has 4 nitrogen and oxygen atoms in total. The van der Waals surface area contributed by atoms with E-state index < -0.39 is 0 Å². The average molecular weight is 348 g/mol. The first-order chi connectivity index (χ1) is 10.2. The number of nitrogens with zero attached hydrogens (tertiary/aromatic N) is 2. The highest BCUT2D eigenvalue weighted by atomic mass is 79.9. The zero-order valence-electron chi connectivity index (χ0n) is 11.8. The number of nitrogens with one attached hydrogen (secondary N) is 1. The first-order valence-electron chi connectivity index (χ1n) is 7.17. The standard InChI is InChI=1S/C16H18BrN3O/c17-9-8-16(6-7-16)12-18-15(21)13-10-19-20(11-13)14-4-2-1-3-5-14/h1-5,10-11H,6-9,12H2,(H,18,21). The van der Waals surface area contributed by atoms with Gasteiger partial charge in [0.2, 0.25) is 0 Å². The van der Waals surface area contributed by atoms with E-state index in [0.717, 1.165) is 24.0 Å². The molecule has 0 saturated heterocycles. The van der Waals surface area contributed by atoms with Gasteiger partial charge in [0.1, 0.15) is 0 Å². The number of alkyl halides is 1. The summed E-state index contributed by atoms with van der Waals surface area (Å²) in [5.41, 5.74) is 1.89. The molecule has 5 heteroatoms. The number of carbonyl (C=O) groups is 1. The van der Waals surface area contributed by atoms with Crippen LogP contribution in [0.4, 0.5) is 0 Å². The van der Waals surface area contributed by atoms with Crippen LogP contribution >= 0.6 is 15.9 Å². The number of benzene rings is 1. The Balaban J connectivity index is 1.62. The van der Waals surface area contributed by atoms with E-state index in [2.05, 4.69) is 26.3 Å². The molecule has 1 aromatic carbocycles. The largest absolute Gasteiger partial charge is 0.351 e. The number of aromatic nitrogens is 2. The molecule has 110 valence electrons. The van der Waals surface area contributed by atoms with E-state index in [-0.39, 0.29) is 5.91 Å². The van der Waals surface area contributed by atoms with Gasteiger partial charge >= 0.3 is 0 Å². The number of hydrogen-bond donors (Lipinski definition) is 1. The summed E-state index contributed by atoms with van der Waals surface area (Å²) in [6, 6.07) is 9.79. The van der Waals surface area contributed by atoms with Gasteiger partial charge in [-0.05, 0) is 36.8 Å². The van der Waals surface area contributed by atoms with Crippen LogP contribution in [0, 0.1) is 5.41 Å². The van der Waals surface area contributed by atoms with Gasteiger partial charge in [0.05, 0.1) is 17.4 Å². The molecule has 0 radical (unpaired) electrons. The minimum Gasteiger partial charge on any atom is -0.351 e. The van der Waals surface area contributed by atoms with Gasteiger partial charge in [0.25, 0.3) is 5.91 Å². The fraction of sp³-hybridized carbons (Fsp3) is 0.375. The van der Waals surface area contributed by atoms with E-state index in [1.165, 1.54) is 12.8 Å². The number of halogens is 1. The highest BCUT2D eigenvalue weighted by Crippen LogP contribution is 2.48. The molecule has 1 heterocycles. The van der Waals surface area contributed by atoms with Crippen LogP contribution in [0.25, 0.3) is 5.69 Å². The monoisotopic (exact) mass is 347 g/mol. The Morgan fingerprint density at radius 3 is 2.76 bits per heavy atom. The summed E-state index contributed by atoms with van der Waals surface area (Å²) in [6.07, 6.45) is 6.93. The minimum absolute atomic E-state index is 0.0435. The molecule has 0 aliphatic heterocycles. The summed E-state index contributed by atoms with van der Waals surface area (Å²) in [6.45, 7) is 0.758. The molecule has 3 rings (SSSR count). The zero-order chi connectivity index (χ0) is 14.7. The maximum atomic E-state index is 12.2. The fourth-order valence-electron chi connectivity index (χ4n) is 2.42. The lowest BCUT2D eigenvalue weighted by Gasteiger charge is -2.13. The number of carbonyl (C=O) groups excluding carboxylic acids is 1. The van der Waals surface area contributed by atoms with E-state index in [0.29, 0.717) is 11.0 Å². The molecule has 1 fully saturated rings. The molecule has 0 spiro atoms. The fourth-order valence-corrected chi connectivity index (χ4v) is 3.27. The molecular formula is C16H18BrN3O. The van der Waals surface area contributed by atoms with Gasteiger partial charge in [-0.15, -0.1) is 0 Å². The van der Waals surface area contributed by atoms with E-state index in [1.807, 2.05) is 30.3 Å². The van der Waals surface area contributed by atoms with Crippen LogP contribution in [0.3, 0.4) is 0 Å². The SMILES string of the molecule is O=C(NCC1(CCBr)CC1)c1cnn(-c2ccccc2)c1. The van der Waals surface area contributed by atoms with E-state index >= 15 is 0 Å². The van der Waals surface area contributed by atoms with Gasteiger partial charge in [0, 0.05) is 18.1 Å². The van der Waals surface area contributed by atoms with E-state index in [9.17, 15) is 4.79 Å². The van der Waals surface area contributed by atoms with Crippen molar-refractivity contribution in [1.82, 2.24) is 15.1 Å². The highest BCUT2D eigenvalue weighted by molar-refractivity contribution is 9.09. The first kappa shape index (κ1) is 14.3. The number of hydrogen-bond acceptors (Lipinski definition) is 2. The summed E-state index contributed by atoms with van der Waals surface area (Å²) in [4.78, 5) is 12.2. The molecule has 1 N–H and O–H groups in total. The molecule has 1 aliphatic carbocycles. The molecule has 21 heavy (non-hydrogen) atoms. The van der Waals surface area contributed by atoms with Crippen LogP contribution in [0.1, 0.15) is 29.6 Å². The number of rotatable bonds is 6. The third-order valence-electron chi connectivity index (χ3n) is 4.07. The molecule has 1 amide bonds. The second-order valence-corrected chi connectivity index (χ2v) is 6.42. The van der Waals surface area contributed by atoms with Gasteiger partial charge < -0.3 is 5.32 Å². The number of para-hydroxylation sites is 1. The summed E-state index contributed by atoms with van der Waals surface area (Å²) in [5, 5.41) is 8.29. The lowest BCUT2D eigenvalue weighted by molar-refractivity contribution is 0.0944. The first-order valence-corrected chi connectivity index (χ1v) is 8.29.